The van der Waals surface area contributed by atoms with Crippen LogP contribution in [0.25, 0.3) is 0 Å². The number of piperazine rings is 1. The summed E-state index contributed by atoms with van der Waals surface area (Å²) in [5.41, 5.74) is 2.23. The number of nitrogens with zero attached hydrogens (tertiary/aromatic N) is 4. The largest absolute Gasteiger partial charge is 0.482 e. The molecular weight excluding hydrogens is 442 g/mol. The number of benzene rings is 1. The van der Waals surface area contributed by atoms with Crippen LogP contribution in [0.4, 0.5) is 23.2 Å². The molecule has 1 aromatic carbocycles. The van der Waals surface area contributed by atoms with Gasteiger partial charge in [-0.1, -0.05) is 0 Å². The van der Waals surface area contributed by atoms with E-state index in [1.807, 2.05) is 15.9 Å². The summed E-state index contributed by atoms with van der Waals surface area (Å²) in [6, 6.07) is 5.64. The Morgan fingerprint density at radius 3 is 2.55 bits per heavy atom. The number of anilines is 1. The van der Waals surface area contributed by atoms with Crippen LogP contribution < -0.4 is 9.64 Å². The van der Waals surface area contributed by atoms with E-state index in [4.69, 9.17) is 4.74 Å². The van der Waals surface area contributed by atoms with Gasteiger partial charge in [-0.15, -0.1) is 0 Å². The lowest BCUT2D eigenvalue weighted by atomic mass is 10.1. The number of nitrogens with one attached hydrogen (secondary N) is 1. The highest BCUT2D eigenvalue weighted by atomic mass is 19.4. The fraction of sp³-hybridized carbons (Fsp3) is 0.545. The maximum absolute atomic E-state index is 13.6. The van der Waals surface area contributed by atoms with Crippen molar-refractivity contribution in [2.45, 2.75) is 38.5 Å². The number of likely N-dealkylation sites (tertiary alicyclic amines) is 1. The van der Waals surface area contributed by atoms with E-state index in [9.17, 15) is 22.4 Å². The zero-order valence-electron chi connectivity index (χ0n) is 18.2. The van der Waals surface area contributed by atoms with Crippen molar-refractivity contribution in [2.24, 2.45) is 0 Å². The molecule has 0 saturated carbocycles. The van der Waals surface area contributed by atoms with Crippen LogP contribution in [-0.2, 0) is 17.9 Å². The van der Waals surface area contributed by atoms with E-state index >= 15 is 0 Å². The van der Waals surface area contributed by atoms with Crippen molar-refractivity contribution in [1.29, 1.82) is 0 Å². The lowest BCUT2D eigenvalue weighted by Gasteiger charge is -2.36. The van der Waals surface area contributed by atoms with Crippen LogP contribution in [0.2, 0.25) is 0 Å². The van der Waals surface area contributed by atoms with Gasteiger partial charge in [0.25, 0.3) is 0 Å². The van der Waals surface area contributed by atoms with E-state index in [-0.39, 0.29) is 11.7 Å². The second kappa shape index (κ2) is 9.98. The van der Waals surface area contributed by atoms with Gasteiger partial charge in [-0.05, 0) is 31.0 Å². The van der Waals surface area contributed by atoms with Crippen LogP contribution in [0.3, 0.4) is 0 Å². The number of halogens is 4. The number of ether oxygens (including phenoxy) is 1. The number of rotatable bonds is 7. The Bertz CT molecular complexity index is 957. The average Bonchev–Trinajstić information content (AvgIpc) is 3.21. The number of carbonyl (C=O) groups is 1. The third-order valence-electron chi connectivity index (χ3n) is 5.88. The molecule has 0 radical (unpaired) electrons. The van der Waals surface area contributed by atoms with Crippen LogP contribution in [0.5, 0.6) is 5.75 Å². The van der Waals surface area contributed by atoms with Crippen LogP contribution in [-0.4, -0.2) is 71.4 Å². The third-order valence-corrected chi connectivity index (χ3v) is 5.88. The summed E-state index contributed by atoms with van der Waals surface area (Å²) >= 11 is 0. The molecule has 2 aromatic rings. The van der Waals surface area contributed by atoms with Crippen molar-refractivity contribution >= 4 is 11.6 Å². The molecule has 0 aliphatic carbocycles. The second-order valence-electron chi connectivity index (χ2n) is 8.44. The Hall–Kier alpha value is -2.82. The van der Waals surface area contributed by atoms with Gasteiger partial charge in [0.15, 0.2) is 6.61 Å². The molecule has 3 heterocycles. The Kier molecular flexibility index (Phi) is 7.06. The van der Waals surface area contributed by atoms with Gasteiger partial charge in [-0.3, -0.25) is 14.8 Å². The molecule has 2 aliphatic rings. The lowest BCUT2D eigenvalue weighted by Crippen LogP contribution is -2.46. The summed E-state index contributed by atoms with van der Waals surface area (Å²) in [6.45, 7) is 2.93. The minimum absolute atomic E-state index is 0.107. The van der Waals surface area contributed by atoms with E-state index in [2.05, 4.69) is 15.1 Å². The molecule has 4 rings (SSSR count). The first kappa shape index (κ1) is 23.3. The zero-order valence-corrected chi connectivity index (χ0v) is 18.2. The second-order valence-corrected chi connectivity index (χ2v) is 8.44. The summed E-state index contributed by atoms with van der Waals surface area (Å²) in [4.78, 5) is 17.9. The van der Waals surface area contributed by atoms with Crippen molar-refractivity contribution in [2.75, 3.05) is 44.2 Å². The summed E-state index contributed by atoms with van der Waals surface area (Å²) in [5, 5.41) is 7.37. The Balaban J connectivity index is 1.31. The number of piperidine rings is 1. The van der Waals surface area contributed by atoms with Gasteiger partial charge in [0.2, 0.25) is 5.91 Å². The molecule has 2 fully saturated rings. The minimum Gasteiger partial charge on any atom is -0.482 e. The van der Waals surface area contributed by atoms with E-state index in [1.165, 1.54) is 12.1 Å². The van der Waals surface area contributed by atoms with Crippen LogP contribution in [0.1, 0.15) is 30.7 Å². The smallest absolute Gasteiger partial charge is 0.422 e. The van der Waals surface area contributed by atoms with Gasteiger partial charge in [0.1, 0.15) is 11.6 Å². The molecule has 33 heavy (non-hydrogen) atoms. The van der Waals surface area contributed by atoms with Gasteiger partial charge in [0.05, 0.1) is 23.6 Å². The Morgan fingerprint density at radius 1 is 1.03 bits per heavy atom. The first-order chi connectivity index (χ1) is 15.8. The average molecular weight is 469 g/mol. The fourth-order valence-corrected chi connectivity index (χ4v) is 4.21. The minimum atomic E-state index is -4.49. The maximum Gasteiger partial charge on any atom is 0.422 e. The predicted octanol–water partition coefficient (Wildman–Crippen LogP) is 3.32. The number of alkyl halides is 3. The first-order valence-corrected chi connectivity index (χ1v) is 11.0. The zero-order chi connectivity index (χ0) is 23.4. The van der Waals surface area contributed by atoms with E-state index in [0.29, 0.717) is 51.4 Å². The number of hydrogen-bond donors (Lipinski definition) is 1. The fourth-order valence-electron chi connectivity index (χ4n) is 4.21. The number of aromatic nitrogens is 2. The van der Waals surface area contributed by atoms with Crippen molar-refractivity contribution < 1.29 is 27.1 Å². The summed E-state index contributed by atoms with van der Waals surface area (Å²) in [5.74, 6) is -0.576. The van der Waals surface area contributed by atoms with E-state index in [1.54, 1.807) is 0 Å². The number of hydrogen-bond acceptors (Lipinski definition) is 5. The standard InChI is InChI=1S/C22H27F4N5O2/c23-16-4-5-19(20(11-16)33-15-22(24,25)26)30-9-7-29(8-10-30)13-17-12-18(28-27-17)14-31-6-2-1-3-21(31)32/h4-5,11-12H,1-3,6-10,13-15H2,(H,27,28). The van der Waals surface area contributed by atoms with Crippen molar-refractivity contribution in [3.63, 3.8) is 0 Å². The summed E-state index contributed by atoms with van der Waals surface area (Å²) in [6.07, 6.45) is -1.92. The topological polar surface area (TPSA) is 64.7 Å². The van der Waals surface area contributed by atoms with Crippen molar-refractivity contribution in [3.05, 3.63) is 41.5 Å². The van der Waals surface area contributed by atoms with Gasteiger partial charge >= 0.3 is 6.18 Å². The quantitative estimate of drug-likeness (QED) is 0.631. The molecule has 0 unspecified atom stereocenters. The molecule has 180 valence electrons. The molecule has 0 spiro atoms. The third kappa shape index (κ3) is 6.37. The van der Waals surface area contributed by atoms with Gasteiger partial charge < -0.3 is 14.5 Å². The normalized spacial score (nSPS) is 18.1. The SMILES string of the molecule is O=C1CCCCN1Cc1cc(CN2CCN(c3ccc(F)cc3OCC(F)(F)F)CC2)n[nH]1. The molecule has 1 aromatic heterocycles. The van der Waals surface area contributed by atoms with E-state index in [0.717, 1.165) is 36.8 Å². The molecule has 0 atom stereocenters. The lowest BCUT2D eigenvalue weighted by molar-refractivity contribution is -0.153. The van der Waals surface area contributed by atoms with E-state index < -0.39 is 18.6 Å². The molecular formula is C22H27F4N5O2. The number of aromatic amines is 1. The molecule has 7 nitrogen and oxygen atoms in total. The highest BCUT2D eigenvalue weighted by Gasteiger charge is 2.30. The molecule has 1 N–H and O–H groups in total. The van der Waals surface area contributed by atoms with Crippen LogP contribution >= 0.6 is 0 Å². The molecule has 0 bridgehead atoms. The molecule has 1 amide bonds. The van der Waals surface area contributed by atoms with Gasteiger partial charge in [-0.25, -0.2) is 4.39 Å². The van der Waals surface area contributed by atoms with Gasteiger partial charge in [-0.2, -0.15) is 18.3 Å². The number of carbonyl (C=O) groups excluding carboxylic acids is 1. The highest BCUT2D eigenvalue weighted by molar-refractivity contribution is 5.76. The monoisotopic (exact) mass is 469 g/mol. The predicted molar refractivity (Wildman–Crippen MR) is 113 cm³/mol. The molecule has 11 heteroatoms. The Labute approximate surface area is 189 Å². The number of H-pyrrole nitrogens is 1. The van der Waals surface area contributed by atoms with Gasteiger partial charge in [0, 0.05) is 51.8 Å². The van der Waals surface area contributed by atoms with Crippen molar-refractivity contribution in [1.82, 2.24) is 20.0 Å². The molecule has 2 saturated heterocycles. The maximum atomic E-state index is 13.6. The number of amides is 1. The summed E-state index contributed by atoms with van der Waals surface area (Å²) in [7, 11) is 0. The highest BCUT2D eigenvalue weighted by Crippen LogP contribution is 2.31. The summed E-state index contributed by atoms with van der Waals surface area (Å²) < 4.78 is 56.1. The van der Waals surface area contributed by atoms with Crippen LogP contribution in [0, 0.1) is 5.82 Å². The molecule has 2 aliphatic heterocycles. The van der Waals surface area contributed by atoms with Crippen molar-refractivity contribution in [3.8, 4) is 5.75 Å². The first-order valence-electron chi connectivity index (χ1n) is 11.0. The van der Waals surface area contributed by atoms with Crippen LogP contribution in [0.15, 0.2) is 24.3 Å². The Morgan fingerprint density at radius 2 is 1.82 bits per heavy atom.